The molecule has 2 nitrogen and oxygen atoms in total. The first-order valence-electron chi connectivity index (χ1n) is 4.27. The van der Waals surface area contributed by atoms with Crippen LogP contribution in [0.1, 0.15) is 29.3 Å². The first-order chi connectivity index (χ1) is 6.27. The molecule has 0 N–H and O–H groups in total. The number of hydrogen-bond donors (Lipinski definition) is 0. The highest BCUT2D eigenvalue weighted by atomic mass is 16.1. The van der Waals surface area contributed by atoms with Gasteiger partial charge in [-0.1, -0.05) is 25.1 Å². The van der Waals surface area contributed by atoms with E-state index in [4.69, 9.17) is 5.26 Å². The molecule has 1 aromatic carbocycles. The summed E-state index contributed by atoms with van der Waals surface area (Å²) in [4.78, 5) is 11.3. The van der Waals surface area contributed by atoms with E-state index in [-0.39, 0.29) is 12.2 Å². The number of rotatable bonds is 3. The monoisotopic (exact) mass is 173 g/mol. The molecule has 0 unspecified atom stereocenters. The van der Waals surface area contributed by atoms with Gasteiger partial charge in [-0.25, -0.2) is 0 Å². The quantitative estimate of drug-likeness (QED) is 0.658. The van der Waals surface area contributed by atoms with Crippen molar-refractivity contribution in [2.24, 2.45) is 0 Å². The van der Waals surface area contributed by atoms with Crippen molar-refractivity contribution in [2.75, 3.05) is 0 Å². The zero-order valence-electron chi connectivity index (χ0n) is 7.58. The lowest BCUT2D eigenvalue weighted by molar-refractivity contribution is 0.0997. The molecule has 0 fully saturated rings. The van der Waals surface area contributed by atoms with E-state index in [9.17, 15) is 4.79 Å². The Morgan fingerprint density at radius 1 is 1.54 bits per heavy atom. The fraction of sp³-hybridized carbons (Fsp3) is 0.273. The predicted octanol–water partition coefficient (Wildman–Crippen LogP) is 2.35. The normalized spacial score (nSPS) is 9.23. The summed E-state index contributed by atoms with van der Waals surface area (Å²) in [6, 6.07) is 9.28. The maximum absolute atomic E-state index is 11.3. The van der Waals surface area contributed by atoms with Gasteiger partial charge >= 0.3 is 0 Å². The lowest BCUT2D eigenvalue weighted by Gasteiger charge is -1.99. The standard InChI is InChI=1S/C11H11NO/c1-2-9-4-3-5-10(8-9)11(13)6-7-12/h3-5,8H,2,6H2,1H3. The number of hydrogen-bond acceptors (Lipinski definition) is 2. The van der Waals surface area contributed by atoms with Crippen LogP contribution in [-0.4, -0.2) is 5.78 Å². The van der Waals surface area contributed by atoms with Crippen LogP contribution in [0.5, 0.6) is 0 Å². The Hall–Kier alpha value is -1.62. The maximum atomic E-state index is 11.3. The third kappa shape index (κ3) is 2.41. The van der Waals surface area contributed by atoms with Gasteiger partial charge in [0.15, 0.2) is 5.78 Å². The molecule has 0 saturated heterocycles. The van der Waals surface area contributed by atoms with Gasteiger partial charge in [0.25, 0.3) is 0 Å². The molecule has 0 radical (unpaired) electrons. The second kappa shape index (κ2) is 4.42. The van der Waals surface area contributed by atoms with Gasteiger partial charge in [0, 0.05) is 5.56 Å². The highest BCUT2D eigenvalue weighted by molar-refractivity contribution is 5.97. The Morgan fingerprint density at radius 2 is 2.31 bits per heavy atom. The van der Waals surface area contributed by atoms with E-state index < -0.39 is 0 Å². The van der Waals surface area contributed by atoms with E-state index >= 15 is 0 Å². The second-order valence-corrected chi connectivity index (χ2v) is 2.81. The minimum absolute atomic E-state index is 0.0346. The van der Waals surface area contributed by atoms with Gasteiger partial charge in [-0.3, -0.25) is 4.79 Å². The topological polar surface area (TPSA) is 40.9 Å². The van der Waals surface area contributed by atoms with Crippen molar-refractivity contribution in [3.05, 3.63) is 35.4 Å². The highest BCUT2D eigenvalue weighted by Crippen LogP contribution is 2.07. The van der Waals surface area contributed by atoms with E-state index in [1.54, 1.807) is 6.07 Å². The van der Waals surface area contributed by atoms with Gasteiger partial charge in [-0.15, -0.1) is 0 Å². The molecule has 0 saturated carbocycles. The van der Waals surface area contributed by atoms with Crippen molar-refractivity contribution in [3.8, 4) is 6.07 Å². The number of carbonyl (C=O) groups is 1. The molecule has 66 valence electrons. The molecule has 0 aliphatic carbocycles. The second-order valence-electron chi connectivity index (χ2n) is 2.81. The van der Waals surface area contributed by atoms with E-state index in [1.807, 2.05) is 31.2 Å². The number of benzene rings is 1. The van der Waals surface area contributed by atoms with Gasteiger partial charge < -0.3 is 0 Å². The molecule has 0 atom stereocenters. The van der Waals surface area contributed by atoms with Crippen LogP contribution in [0.4, 0.5) is 0 Å². The largest absolute Gasteiger partial charge is 0.293 e. The van der Waals surface area contributed by atoms with Crippen LogP contribution < -0.4 is 0 Å². The molecule has 0 heterocycles. The van der Waals surface area contributed by atoms with Crippen LogP contribution in [0, 0.1) is 11.3 Å². The van der Waals surface area contributed by atoms with Crippen LogP contribution in [0.25, 0.3) is 0 Å². The van der Waals surface area contributed by atoms with Crippen LogP contribution in [-0.2, 0) is 6.42 Å². The average Bonchev–Trinajstić information content (AvgIpc) is 2.18. The van der Waals surface area contributed by atoms with Crippen LogP contribution in [0.2, 0.25) is 0 Å². The Bertz CT molecular complexity index is 349. The van der Waals surface area contributed by atoms with Gasteiger partial charge in [-0.2, -0.15) is 5.26 Å². The third-order valence-corrected chi connectivity index (χ3v) is 1.90. The number of Topliss-reactive ketones (excluding diaryl/α,β-unsaturated/α-hetero) is 1. The molecule has 1 aromatic rings. The van der Waals surface area contributed by atoms with Gasteiger partial charge in [0.2, 0.25) is 0 Å². The van der Waals surface area contributed by atoms with Gasteiger partial charge in [0.05, 0.1) is 12.5 Å². The molecular formula is C11H11NO. The summed E-state index contributed by atoms with van der Waals surface area (Å²) in [6.45, 7) is 2.04. The molecule has 0 aromatic heterocycles. The molecule has 1 rings (SSSR count). The summed E-state index contributed by atoms with van der Waals surface area (Å²) >= 11 is 0. The number of aryl methyl sites for hydroxylation is 1. The van der Waals surface area contributed by atoms with Crippen molar-refractivity contribution < 1.29 is 4.79 Å². The number of carbonyl (C=O) groups excluding carboxylic acids is 1. The maximum Gasteiger partial charge on any atom is 0.176 e. The van der Waals surface area contributed by atoms with E-state index in [0.29, 0.717) is 5.56 Å². The highest BCUT2D eigenvalue weighted by Gasteiger charge is 2.04. The molecule has 0 aliphatic heterocycles. The molecule has 0 aliphatic rings. The van der Waals surface area contributed by atoms with Crippen molar-refractivity contribution in [3.63, 3.8) is 0 Å². The summed E-state index contributed by atoms with van der Waals surface area (Å²) in [5.74, 6) is -0.0993. The minimum Gasteiger partial charge on any atom is -0.293 e. The lowest BCUT2D eigenvalue weighted by Crippen LogP contribution is -1.97. The van der Waals surface area contributed by atoms with Crippen molar-refractivity contribution in [2.45, 2.75) is 19.8 Å². The first-order valence-corrected chi connectivity index (χ1v) is 4.27. The van der Waals surface area contributed by atoms with Gasteiger partial charge in [0.1, 0.15) is 0 Å². The lowest BCUT2D eigenvalue weighted by atomic mass is 10.0. The van der Waals surface area contributed by atoms with E-state index in [0.717, 1.165) is 12.0 Å². The van der Waals surface area contributed by atoms with Crippen molar-refractivity contribution >= 4 is 5.78 Å². The summed E-state index contributed by atoms with van der Waals surface area (Å²) in [5.41, 5.74) is 1.77. The van der Waals surface area contributed by atoms with Crippen molar-refractivity contribution in [1.82, 2.24) is 0 Å². The van der Waals surface area contributed by atoms with Crippen LogP contribution in [0.15, 0.2) is 24.3 Å². The molecule has 0 amide bonds. The summed E-state index contributed by atoms with van der Waals surface area (Å²) in [6.07, 6.45) is 0.876. The summed E-state index contributed by atoms with van der Waals surface area (Å²) < 4.78 is 0. The molecular weight excluding hydrogens is 162 g/mol. The van der Waals surface area contributed by atoms with Gasteiger partial charge in [-0.05, 0) is 18.1 Å². The minimum atomic E-state index is -0.0993. The molecule has 13 heavy (non-hydrogen) atoms. The van der Waals surface area contributed by atoms with Crippen LogP contribution in [0.3, 0.4) is 0 Å². The SMILES string of the molecule is CCc1cccc(C(=O)CC#N)c1. The summed E-state index contributed by atoms with van der Waals surface area (Å²) in [5, 5.41) is 8.35. The van der Waals surface area contributed by atoms with E-state index in [2.05, 4.69) is 0 Å². The number of ketones is 1. The molecule has 0 spiro atoms. The summed E-state index contributed by atoms with van der Waals surface area (Å²) in [7, 11) is 0. The molecule has 0 bridgehead atoms. The van der Waals surface area contributed by atoms with E-state index in [1.165, 1.54) is 0 Å². The smallest absolute Gasteiger partial charge is 0.176 e. The van der Waals surface area contributed by atoms with Crippen LogP contribution >= 0.6 is 0 Å². The fourth-order valence-corrected chi connectivity index (χ4v) is 1.14. The third-order valence-electron chi connectivity index (χ3n) is 1.90. The first kappa shape index (κ1) is 9.47. The Labute approximate surface area is 77.8 Å². The zero-order chi connectivity index (χ0) is 9.68. The number of nitrogens with zero attached hydrogens (tertiary/aromatic N) is 1. The Kier molecular flexibility index (Phi) is 3.22. The zero-order valence-corrected chi connectivity index (χ0v) is 7.58. The average molecular weight is 173 g/mol. The Balaban J connectivity index is 2.89. The molecule has 2 heteroatoms. The fourth-order valence-electron chi connectivity index (χ4n) is 1.14. The number of nitriles is 1. The predicted molar refractivity (Wildman–Crippen MR) is 50.4 cm³/mol. The van der Waals surface area contributed by atoms with Crippen molar-refractivity contribution in [1.29, 1.82) is 5.26 Å². The Morgan fingerprint density at radius 3 is 2.92 bits per heavy atom.